The number of nitrogens with zero attached hydrogens (tertiary/aromatic N) is 2. The van der Waals surface area contributed by atoms with Crippen molar-refractivity contribution in [2.24, 2.45) is 16.2 Å². The summed E-state index contributed by atoms with van der Waals surface area (Å²) in [6.45, 7) is 0. The maximum atomic E-state index is 8.59. The number of oxime groups is 2. The van der Waals surface area contributed by atoms with E-state index in [1.165, 1.54) is 25.5 Å². The first kappa shape index (κ1) is 9.03. The summed E-state index contributed by atoms with van der Waals surface area (Å²) in [5, 5.41) is 22.8. The van der Waals surface area contributed by atoms with Gasteiger partial charge in [0.1, 0.15) is 5.71 Å². The Morgan fingerprint density at radius 3 is 2.33 bits per heavy atom. The smallest absolute Gasteiger partial charge is 0.104 e. The fourth-order valence-corrected chi connectivity index (χ4v) is 1.67. The third-order valence-electron chi connectivity index (χ3n) is 2.33. The Morgan fingerprint density at radius 1 is 1.17 bits per heavy atom. The summed E-state index contributed by atoms with van der Waals surface area (Å²) in [6, 6.07) is 0. The molecule has 0 unspecified atom stereocenters. The lowest BCUT2D eigenvalue weighted by Gasteiger charge is -2.19. The maximum absolute atomic E-state index is 8.59. The van der Waals surface area contributed by atoms with Crippen LogP contribution in [0, 0.1) is 5.92 Å². The van der Waals surface area contributed by atoms with Crippen molar-refractivity contribution >= 4 is 11.9 Å². The second-order valence-corrected chi connectivity index (χ2v) is 3.10. The van der Waals surface area contributed by atoms with Crippen LogP contribution in [0.15, 0.2) is 10.3 Å². The molecule has 0 amide bonds. The van der Waals surface area contributed by atoms with Crippen LogP contribution in [0.1, 0.15) is 32.1 Å². The predicted octanol–water partition coefficient (Wildman–Crippen LogP) is 1.86. The summed E-state index contributed by atoms with van der Waals surface area (Å²) < 4.78 is 0. The Bertz CT molecular complexity index is 183. The quantitative estimate of drug-likeness (QED) is 0.377. The minimum Gasteiger partial charge on any atom is -0.411 e. The van der Waals surface area contributed by atoms with Gasteiger partial charge in [0.2, 0.25) is 0 Å². The molecule has 0 spiro atoms. The average molecular weight is 170 g/mol. The summed E-state index contributed by atoms with van der Waals surface area (Å²) in [7, 11) is 0. The molecule has 0 aliphatic heterocycles. The van der Waals surface area contributed by atoms with Crippen LogP contribution in [0.25, 0.3) is 0 Å². The van der Waals surface area contributed by atoms with Crippen LogP contribution in [-0.4, -0.2) is 22.3 Å². The molecule has 68 valence electrons. The topological polar surface area (TPSA) is 65.2 Å². The van der Waals surface area contributed by atoms with Gasteiger partial charge in [-0.25, -0.2) is 0 Å². The van der Waals surface area contributed by atoms with Crippen molar-refractivity contribution in [1.29, 1.82) is 0 Å². The van der Waals surface area contributed by atoms with Crippen molar-refractivity contribution in [2.75, 3.05) is 0 Å². The van der Waals surface area contributed by atoms with Crippen LogP contribution >= 0.6 is 0 Å². The van der Waals surface area contributed by atoms with Gasteiger partial charge >= 0.3 is 0 Å². The van der Waals surface area contributed by atoms with Gasteiger partial charge in [0, 0.05) is 5.92 Å². The van der Waals surface area contributed by atoms with Crippen molar-refractivity contribution in [3.8, 4) is 0 Å². The van der Waals surface area contributed by atoms with Crippen LogP contribution in [0.3, 0.4) is 0 Å². The van der Waals surface area contributed by atoms with Gasteiger partial charge in [-0.3, -0.25) is 0 Å². The normalized spacial score (nSPS) is 21.8. The van der Waals surface area contributed by atoms with E-state index < -0.39 is 0 Å². The van der Waals surface area contributed by atoms with E-state index in [4.69, 9.17) is 10.4 Å². The lowest BCUT2D eigenvalue weighted by atomic mass is 9.86. The molecule has 4 heteroatoms. The van der Waals surface area contributed by atoms with Crippen molar-refractivity contribution in [3.63, 3.8) is 0 Å². The summed E-state index contributed by atoms with van der Waals surface area (Å²) >= 11 is 0. The standard InChI is InChI=1S/C8H14N2O2/c11-9-6-8(10-12)7-4-2-1-3-5-7/h6-7,11-12H,1-5H2/b9-6-,10-8+. The maximum Gasteiger partial charge on any atom is 0.104 e. The second-order valence-electron chi connectivity index (χ2n) is 3.10. The number of hydrogen-bond donors (Lipinski definition) is 2. The molecule has 1 rings (SSSR count). The summed E-state index contributed by atoms with van der Waals surface area (Å²) in [6.07, 6.45) is 6.88. The molecule has 0 bridgehead atoms. The Labute approximate surface area is 71.6 Å². The fourth-order valence-electron chi connectivity index (χ4n) is 1.67. The SMILES string of the molecule is O/N=C\C(=N/O)C1CCCCC1. The molecule has 12 heavy (non-hydrogen) atoms. The zero-order valence-corrected chi connectivity index (χ0v) is 6.98. The predicted molar refractivity (Wildman–Crippen MR) is 46.1 cm³/mol. The van der Waals surface area contributed by atoms with Gasteiger partial charge in [-0.1, -0.05) is 29.6 Å². The van der Waals surface area contributed by atoms with Gasteiger partial charge in [-0.15, -0.1) is 0 Å². The summed E-state index contributed by atoms with van der Waals surface area (Å²) in [4.78, 5) is 0. The largest absolute Gasteiger partial charge is 0.411 e. The van der Waals surface area contributed by atoms with E-state index in [-0.39, 0.29) is 5.92 Å². The second kappa shape index (κ2) is 4.74. The molecule has 0 atom stereocenters. The van der Waals surface area contributed by atoms with Gasteiger partial charge in [-0.2, -0.15) is 0 Å². The molecule has 4 nitrogen and oxygen atoms in total. The highest BCUT2D eigenvalue weighted by molar-refractivity contribution is 6.31. The Morgan fingerprint density at radius 2 is 1.83 bits per heavy atom. The monoisotopic (exact) mass is 170 g/mol. The summed E-state index contributed by atoms with van der Waals surface area (Å²) in [5.41, 5.74) is 0.497. The van der Waals surface area contributed by atoms with E-state index >= 15 is 0 Å². The summed E-state index contributed by atoms with van der Waals surface area (Å²) in [5.74, 6) is 0.277. The molecule has 0 aromatic heterocycles. The zero-order valence-electron chi connectivity index (χ0n) is 6.98. The van der Waals surface area contributed by atoms with Gasteiger partial charge in [-0.05, 0) is 12.8 Å². The first-order valence-electron chi connectivity index (χ1n) is 4.28. The van der Waals surface area contributed by atoms with Gasteiger partial charge in [0.05, 0.1) is 6.21 Å². The highest BCUT2D eigenvalue weighted by Gasteiger charge is 2.18. The molecule has 0 aromatic carbocycles. The van der Waals surface area contributed by atoms with Crippen molar-refractivity contribution in [3.05, 3.63) is 0 Å². The Kier molecular flexibility index (Phi) is 3.57. The van der Waals surface area contributed by atoms with E-state index in [0.717, 1.165) is 12.8 Å². The van der Waals surface area contributed by atoms with E-state index in [0.29, 0.717) is 5.71 Å². The molecule has 2 N–H and O–H groups in total. The fraction of sp³-hybridized carbons (Fsp3) is 0.750. The van der Waals surface area contributed by atoms with E-state index in [9.17, 15) is 0 Å². The molecule has 1 aliphatic carbocycles. The van der Waals surface area contributed by atoms with Crippen LogP contribution < -0.4 is 0 Å². The molecule has 1 aliphatic rings. The minimum atomic E-state index is 0.277. The van der Waals surface area contributed by atoms with Crippen LogP contribution in [0.5, 0.6) is 0 Å². The highest BCUT2D eigenvalue weighted by Crippen LogP contribution is 2.24. The van der Waals surface area contributed by atoms with Crippen molar-refractivity contribution in [1.82, 2.24) is 0 Å². The zero-order chi connectivity index (χ0) is 8.81. The van der Waals surface area contributed by atoms with Gasteiger partial charge < -0.3 is 10.4 Å². The van der Waals surface area contributed by atoms with Gasteiger partial charge in [0.25, 0.3) is 0 Å². The number of rotatable bonds is 2. The van der Waals surface area contributed by atoms with E-state index in [1.54, 1.807) is 0 Å². The third-order valence-corrected chi connectivity index (χ3v) is 2.33. The third kappa shape index (κ3) is 2.22. The Balaban J connectivity index is 2.52. The highest BCUT2D eigenvalue weighted by atomic mass is 16.4. The van der Waals surface area contributed by atoms with E-state index in [2.05, 4.69) is 10.3 Å². The molecule has 1 fully saturated rings. The molecule has 0 radical (unpaired) electrons. The van der Waals surface area contributed by atoms with Gasteiger partial charge in [0.15, 0.2) is 0 Å². The molecular formula is C8H14N2O2. The molecule has 1 saturated carbocycles. The molecule has 0 saturated heterocycles. The molecular weight excluding hydrogens is 156 g/mol. The number of hydrogen-bond acceptors (Lipinski definition) is 4. The molecule has 0 heterocycles. The van der Waals surface area contributed by atoms with Crippen molar-refractivity contribution < 1.29 is 10.4 Å². The first-order chi connectivity index (χ1) is 5.88. The van der Waals surface area contributed by atoms with Crippen molar-refractivity contribution in [2.45, 2.75) is 32.1 Å². The van der Waals surface area contributed by atoms with E-state index in [1.807, 2.05) is 0 Å². The van der Waals surface area contributed by atoms with Crippen LogP contribution in [0.4, 0.5) is 0 Å². The minimum absolute atomic E-state index is 0.277. The van der Waals surface area contributed by atoms with Crippen LogP contribution in [-0.2, 0) is 0 Å². The van der Waals surface area contributed by atoms with Crippen LogP contribution in [0.2, 0.25) is 0 Å². The lowest BCUT2D eigenvalue weighted by molar-refractivity contribution is 0.308. The lowest BCUT2D eigenvalue weighted by Crippen LogP contribution is -2.19. The Hall–Kier alpha value is -1.06. The average Bonchev–Trinajstić information content (AvgIpc) is 2.15. The first-order valence-corrected chi connectivity index (χ1v) is 4.28. The molecule has 0 aromatic rings.